The summed E-state index contributed by atoms with van der Waals surface area (Å²) in [5.41, 5.74) is 2.04. The second-order valence-electron chi connectivity index (χ2n) is 3.50. The standard InChI is InChI=1S/C10H16N4S2/c1-4-15-6-5-11-10-12-9-8(16-10)7(2)13-14(9)3/h4-6H2,1-3H3,(H,11,12). The zero-order valence-corrected chi connectivity index (χ0v) is 11.4. The molecule has 0 unspecified atom stereocenters. The summed E-state index contributed by atoms with van der Waals surface area (Å²) in [4.78, 5) is 4.53. The van der Waals surface area contributed by atoms with Gasteiger partial charge in [-0.3, -0.25) is 0 Å². The largest absolute Gasteiger partial charge is 0.361 e. The zero-order valence-electron chi connectivity index (χ0n) is 9.78. The van der Waals surface area contributed by atoms with Crippen LogP contribution in [0.3, 0.4) is 0 Å². The van der Waals surface area contributed by atoms with Crippen molar-refractivity contribution in [1.29, 1.82) is 0 Å². The molecule has 2 aromatic rings. The van der Waals surface area contributed by atoms with Crippen LogP contribution in [0.15, 0.2) is 0 Å². The first-order valence-corrected chi connectivity index (χ1v) is 7.31. The first-order valence-electron chi connectivity index (χ1n) is 5.34. The highest BCUT2D eigenvalue weighted by Crippen LogP contribution is 2.27. The molecule has 0 saturated carbocycles. The molecule has 0 bridgehead atoms. The quantitative estimate of drug-likeness (QED) is 0.835. The Balaban J connectivity index is 2.05. The van der Waals surface area contributed by atoms with Gasteiger partial charge < -0.3 is 5.32 Å². The molecule has 0 aromatic carbocycles. The Morgan fingerprint density at radius 1 is 1.50 bits per heavy atom. The molecule has 4 nitrogen and oxygen atoms in total. The van der Waals surface area contributed by atoms with Gasteiger partial charge in [0.2, 0.25) is 0 Å². The van der Waals surface area contributed by atoms with Gasteiger partial charge in [-0.25, -0.2) is 9.67 Å². The summed E-state index contributed by atoms with van der Waals surface area (Å²) in [6.07, 6.45) is 0. The highest BCUT2D eigenvalue weighted by Gasteiger charge is 2.10. The highest BCUT2D eigenvalue weighted by atomic mass is 32.2. The first kappa shape index (κ1) is 11.7. The molecule has 88 valence electrons. The van der Waals surface area contributed by atoms with E-state index in [1.165, 1.54) is 10.5 Å². The maximum absolute atomic E-state index is 4.53. The Bertz CT molecular complexity index is 440. The third kappa shape index (κ3) is 2.32. The van der Waals surface area contributed by atoms with Crippen molar-refractivity contribution in [3.8, 4) is 0 Å². The fourth-order valence-electron chi connectivity index (χ4n) is 1.53. The van der Waals surface area contributed by atoms with Crippen LogP contribution in [0.2, 0.25) is 0 Å². The normalized spacial score (nSPS) is 11.2. The van der Waals surface area contributed by atoms with E-state index in [4.69, 9.17) is 0 Å². The first-order chi connectivity index (χ1) is 7.72. The van der Waals surface area contributed by atoms with Crippen LogP contribution < -0.4 is 5.32 Å². The van der Waals surface area contributed by atoms with Crippen LogP contribution in [0.5, 0.6) is 0 Å². The molecular weight excluding hydrogens is 240 g/mol. The SMILES string of the molecule is CCSCCNc1nc2c(s1)c(C)nn2C. The number of aryl methyl sites for hydroxylation is 2. The molecule has 0 spiro atoms. The van der Waals surface area contributed by atoms with Gasteiger partial charge in [0, 0.05) is 19.3 Å². The van der Waals surface area contributed by atoms with E-state index in [1.807, 2.05) is 30.4 Å². The van der Waals surface area contributed by atoms with E-state index in [0.717, 1.165) is 28.8 Å². The van der Waals surface area contributed by atoms with E-state index < -0.39 is 0 Å². The molecule has 0 amide bonds. The molecule has 0 aliphatic rings. The van der Waals surface area contributed by atoms with Gasteiger partial charge in [0.25, 0.3) is 0 Å². The molecule has 2 heterocycles. The van der Waals surface area contributed by atoms with Gasteiger partial charge in [-0.1, -0.05) is 18.3 Å². The molecule has 0 fully saturated rings. The Hall–Kier alpha value is -0.750. The lowest BCUT2D eigenvalue weighted by atomic mass is 10.5. The Morgan fingerprint density at radius 3 is 3.00 bits per heavy atom. The van der Waals surface area contributed by atoms with Crippen molar-refractivity contribution in [2.24, 2.45) is 7.05 Å². The number of anilines is 1. The van der Waals surface area contributed by atoms with Crippen molar-refractivity contribution in [3.05, 3.63) is 5.69 Å². The maximum atomic E-state index is 4.53. The lowest BCUT2D eigenvalue weighted by Gasteiger charge is -2.00. The topological polar surface area (TPSA) is 42.7 Å². The average molecular weight is 256 g/mol. The van der Waals surface area contributed by atoms with Crippen molar-refractivity contribution < 1.29 is 0 Å². The lowest BCUT2D eigenvalue weighted by Crippen LogP contribution is -2.04. The number of hydrogen-bond acceptors (Lipinski definition) is 5. The molecule has 0 radical (unpaired) electrons. The van der Waals surface area contributed by atoms with E-state index in [1.54, 1.807) is 11.3 Å². The summed E-state index contributed by atoms with van der Waals surface area (Å²) in [6, 6.07) is 0. The summed E-state index contributed by atoms with van der Waals surface area (Å²) < 4.78 is 3.03. The van der Waals surface area contributed by atoms with E-state index >= 15 is 0 Å². The third-order valence-corrected chi connectivity index (χ3v) is 4.28. The van der Waals surface area contributed by atoms with Gasteiger partial charge in [-0.2, -0.15) is 16.9 Å². The van der Waals surface area contributed by atoms with Gasteiger partial charge >= 0.3 is 0 Å². The minimum atomic E-state index is 0.977. The van der Waals surface area contributed by atoms with Gasteiger partial charge in [-0.05, 0) is 12.7 Å². The summed E-state index contributed by atoms with van der Waals surface area (Å²) in [7, 11) is 1.94. The summed E-state index contributed by atoms with van der Waals surface area (Å²) >= 11 is 3.63. The number of fused-ring (bicyclic) bond motifs is 1. The minimum absolute atomic E-state index is 0.977. The fraction of sp³-hybridized carbons (Fsp3) is 0.600. The van der Waals surface area contributed by atoms with Crippen LogP contribution in [0, 0.1) is 6.92 Å². The van der Waals surface area contributed by atoms with Crippen molar-refractivity contribution in [2.75, 3.05) is 23.4 Å². The van der Waals surface area contributed by atoms with Crippen molar-refractivity contribution >= 4 is 38.6 Å². The predicted molar refractivity (Wildman–Crippen MR) is 72.6 cm³/mol. The monoisotopic (exact) mass is 256 g/mol. The molecule has 0 atom stereocenters. The molecule has 16 heavy (non-hydrogen) atoms. The summed E-state index contributed by atoms with van der Waals surface area (Å²) in [6.45, 7) is 5.18. The minimum Gasteiger partial charge on any atom is -0.361 e. The van der Waals surface area contributed by atoms with E-state index in [9.17, 15) is 0 Å². The number of thiazole rings is 1. The molecule has 0 aliphatic heterocycles. The van der Waals surface area contributed by atoms with Crippen LogP contribution in [0.1, 0.15) is 12.6 Å². The van der Waals surface area contributed by atoms with Crippen molar-refractivity contribution in [1.82, 2.24) is 14.8 Å². The average Bonchev–Trinajstić information content (AvgIpc) is 2.77. The van der Waals surface area contributed by atoms with E-state index in [0.29, 0.717) is 0 Å². The van der Waals surface area contributed by atoms with Crippen molar-refractivity contribution in [3.63, 3.8) is 0 Å². The van der Waals surface area contributed by atoms with Crippen molar-refractivity contribution in [2.45, 2.75) is 13.8 Å². The zero-order chi connectivity index (χ0) is 11.5. The fourth-order valence-corrected chi connectivity index (χ4v) is 3.03. The van der Waals surface area contributed by atoms with Gasteiger partial charge in [0.1, 0.15) is 0 Å². The van der Waals surface area contributed by atoms with E-state index in [2.05, 4.69) is 22.3 Å². The van der Waals surface area contributed by atoms with Crippen LogP contribution in [-0.4, -0.2) is 32.8 Å². The van der Waals surface area contributed by atoms with Crippen LogP contribution in [0.4, 0.5) is 5.13 Å². The molecule has 1 N–H and O–H groups in total. The number of nitrogens with one attached hydrogen (secondary N) is 1. The molecule has 6 heteroatoms. The highest BCUT2D eigenvalue weighted by molar-refractivity contribution is 7.99. The predicted octanol–water partition coefficient (Wildman–Crippen LogP) is 2.50. The number of nitrogens with zero attached hydrogens (tertiary/aromatic N) is 3. The molecule has 0 saturated heterocycles. The van der Waals surface area contributed by atoms with Crippen LogP contribution in [-0.2, 0) is 7.05 Å². The second-order valence-corrected chi connectivity index (χ2v) is 5.90. The maximum Gasteiger partial charge on any atom is 0.185 e. The number of hydrogen-bond donors (Lipinski definition) is 1. The third-order valence-electron chi connectivity index (χ3n) is 2.27. The molecular formula is C10H16N4S2. The van der Waals surface area contributed by atoms with Crippen LogP contribution in [0.25, 0.3) is 10.3 Å². The van der Waals surface area contributed by atoms with Crippen LogP contribution >= 0.6 is 23.1 Å². The van der Waals surface area contributed by atoms with Gasteiger partial charge in [0.05, 0.1) is 10.4 Å². The second kappa shape index (κ2) is 5.05. The summed E-state index contributed by atoms with van der Waals surface area (Å²) in [5, 5.41) is 8.69. The number of rotatable bonds is 5. The van der Waals surface area contributed by atoms with Gasteiger partial charge in [-0.15, -0.1) is 0 Å². The molecule has 2 aromatic heterocycles. The summed E-state index contributed by atoms with van der Waals surface area (Å²) in [5.74, 6) is 2.30. The molecule has 2 rings (SSSR count). The Kier molecular flexibility index (Phi) is 3.70. The van der Waals surface area contributed by atoms with Gasteiger partial charge in [0.15, 0.2) is 10.8 Å². The number of thioether (sulfide) groups is 1. The molecule has 0 aliphatic carbocycles. The Labute approximate surface area is 103 Å². The lowest BCUT2D eigenvalue weighted by molar-refractivity contribution is 0.774. The smallest absolute Gasteiger partial charge is 0.185 e. The van der Waals surface area contributed by atoms with E-state index in [-0.39, 0.29) is 0 Å². The Morgan fingerprint density at radius 2 is 2.31 bits per heavy atom. The number of aromatic nitrogens is 3.